The van der Waals surface area contributed by atoms with Crippen molar-refractivity contribution in [3.8, 4) is 0 Å². The number of carbonyl (C=O) groups excluding carboxylic acids is 2. The second-order valence-electron chi connectivity index (χ2n) is 7.87. The van der Waals surface area contributed by atoms with E-state index < -0.39 is 6.04 Å². The Morgan fingerprint density at radius 2 is 1.35 bits per heavy atom. The van der Waals surface area contributed by atoms with Crippen LogP contribution in [-0.4, -0.2) is 29.8 Å². The molecule has 160 valence electrons. The van der Waals surface area contributed by atoms with Crippen molar-refractivity contribution in [1.82, 2.24) is 10.2 Å². The molecule has 0 spiro atoms. The second-order valence-corrected chi connectivity index (χ2v) is 7.87. The van der Waals surface area contributed by atoms with Gasteiger partial charge in [0.15, 0.2) is 0 Å². The van der Waals surface area contributed by atoms with Crippen molar-refractivity contribution < 1.29 is 9.59 Å². The van der Waals surface area contributed by atoms with Gasteiger partial charge in [-0.1, -0.05) is 78.9 Å². The highest BCUT2D eigenvalue weighted by molar-refractivity contribution is 5.88. The lowest BCUT2D eigenvalue weighted by Gasteiger charge is -2.32. The van der Waals surface area contributed by atoms with Gasteiger partial charge < -0.3 is 10.2 Å². The van der Waals surface area contributed by atoms with Gasteiger partial charge in [-0.3, -0.25) is 9.59 Å². The minimum absolute atomic E-state index is 0.0536. The zero-order valence-corrected chi connectivity index (χ0v) is 18.5. The van der Waals surface area contributed by atoms with E-state index in [4.69, 9.17) is 0 Å². The summed E-state index contributed by atoms with van der Waals surface area (Å²) in [6, 6.07) is 25.2. The number of likely N-dealkylation sites (N-methyl/N-ethyl adjacent to an activating group) is 1. The normalized spacial score (nSPS) is 11.6. The topological polar surface area (TPSA) is 49.4 Å². The molecule has 0 unspecified atom stereocenters. The standard InChI is InChI=1S/C27H30N2O2/c1-20-11-7-9-15-23(20)18-26(30)29(19-24-16-10-8-12-21(24)2)25(27(31)28-3)17-22-13-5-4-6-14-22/h4-16,25H,17-19H2,1-3H3,(H,28,31)/t25-/m0/s1. The summed E-state index contributed by atoms with van der Waals surface area (Å²) < 4.78 is 0. The van der Waals surface area contributed by atoms with Gasteiger partial charge in [-0.2, -0.15) is 0 Å². The summed E-state index contributed by atoms with van der Waals surface area (Å²) in [5, 5.41) is 2.76. The molecule has 0 saturated heterocycles. The predicted octanol–water partition coefficient (Wildman–Crippen LogP) is 4.23. The molecule has 1 N–H and O–H groups in total. The second kappa shape index (κ2) is 10.6. The third-order valence-corrected chi connectivity index (χ3v) is 5.72. The van der Waals surface area contributed by atoms with Crippen LogP contribution in [0.15, 0.2) is 78.9 Å². The summed E-state index contributed by atoms with van der Waals surface area (Å²) in [4.78, 5) is 28.3. The number of carbonyl (C=O) groups is 2. The molecule has 4 heteroatoms. The molecule has 3 aromatic rings. The summed E-state index contributed by atoms with van der Waals surface area (Å²) in [7, 11) is 1.62. The van der Waals surface area contributed by atoms with Crippen molar-refractivity contribution in [3.05, 3.63) is 107 Å². The number of nitrogens with zero attached hydrogens (tertiary/aromatic N) is 1. The highest BCUT2D eigenvalue weighted by Gasteiger charge is 2.30. The largest absolute Gasteiger partial charge is 0.357 e. The van der Waals surface area contributed by atoms with E-state index in [-0.39, 0.29) is 18.2 Å². The van der Waals surface area contributed by atoms with Crippen molar-refractivity contribution in [1.29, 1.82) is 0 Å². The molecule has 0 fully saturated rings. The number of rotatable bonds is 8. The molecule has 1 atom stereocenters. The predicted molar refractivity (Wildman–Crippen MR) is 125 cm³/mol. The first-order valence-corrected chi connectivity index (χ1v) is 10.6. The zero-order valence-electron chi connectivity index (χ0n) is 18.5. The van der Waals surface area contributed by atoms with E-state index >= 15 is 0 Å². The van der Waals surface area contributed by atoms with Crippen LogP contribution >= 0.6 is 0 Å². The maximum atomic E-state index is 13.6. The van der Waals surface area contributed by atoms with Gasteiger partial charge >= 0.3 is 0 Å². The van der Waals surface area contributed by atoms with Crippen molar-refractivity contribution in [2.45, 2.75) is 39.3 Å². The molecule has 0 aromatic heterocycles. The minimum Gasteiger partial charge on any atom is -0.357 e. The van der Waals surface area contributed by atoms with Crippen LogP contribution in [0.25, 0.3) is 0 Å². The Hall–Kier alpha value is -3.40. The van der Waals surface area contributed by atoms with Crippen molar-refractivity contribution in [2.24, 2.45) is 0 Å². The maximum Gasteiger partial charge on any atom is 0.242 e. The van der Waals surface area contributed by atoms with Crippen LogP contribution in [0.2, 0.25) is 0 Å². The monoisotopic (exact) mass is 414 g/mol. The van der Waals surface area contributed by atoms with Crippen molar-refractivity contribution in [3.63, 3.8) is 0 Å². The summed E-state index contributed by atoms with van der Waals surface area (Å²) in [5.74, 6) is -0.211. The Morgan fingerprint density at radius 3 is 1.94 bits per heavy atom. The third-order valence-electron chi connectivity index (χ3n) is 5.72. The molecule has 0 bridgehead atoms. The van der Waals surface area contributed by atoms with Crippen LogP contribution in [0, 0.1) is 13.8 Å². The number of benzene rings is 3. The van der Waals surface area contributed by atoms with Gasteiger partial charge in [0.1, 0.15) is 6.04 Å². The van der Waals surface area contributed by atoms with Gasteiger partial charge in [0.05, 0.1) is 6.42 Å². The molecule has 31 heavy (non-hydrogen) atoms. The van der Waals surface area contributed by atoms with Crippen LogP contribution in [0.4, 0.5) is 0 Å². The number of amides is 2. The van der Waals surface area contributed by atoms with E-state index in [1.165, 1.54) is 0 Å². The fourth-order valence-electron chi connectivity index (χ4n) is 3.76. The first-order chi connectivity index (χ1) is 15.0. The lowest BCUT2D eigenvalue weighted by atomic mass is 9.99. The summed E-state index contributed by atoms with van der Waals surface area (Å²) in [6.07, 6.45) is 0.729. The van der Waals surface area contributed by atoms with Crippen LogP contribution < -0.4 is 5.32 Å². The van der Waals surface area contributed by atoms with E-state index in [0.29, 0.717) is 13.0 Å². The zero-order chi connectivity index (χ0) is 22.2. The molecule has 4 nitrogen and oxygen atoms in total. The molecule has 3 rings (SSSR count). The molecular formula is C27H30N2O2. The number of nitrogens with one attached hydrogen (secondary N) is 1. The van der Waals surface area contributed by atoms with E-state index in [1.54, 1.807) is 11.9 Å². The van der Waals surface area contributed by atoms with Gasteiger partial charge in [-0.15, -0.1) is 0 Å². The lowest BCUT2D eigenvalue weighted by molar-refractivity contribution is -0.140. The minimum atomic E-state index is -0.594. The maximum absolute atomic E-state index is 13.6. The molecule has 0 aliphatic carbocycles. The van der Waals surface area contributed by atoms with Gasteiger partial charge in [-0.05, 0) is 41.7 Å². The van der Waals surface area contributed by atoms with E-state index in [2.05, 4.69) is 5.32 Å². The first-order valence-electron chi connectivity index (χ1n) is 10.6. The van der Waals surface area contributed by atoms with Crippen molar-refractivity contribution in [2.75, 3.05) is 7.05 Å². The Labute approximate surface area is 184 Å². The molecule has 2 amide bonds. The van der Waals surface area contributed by atoms with Gasteiger partial charge in [0.2, 0.25) is 11.8 Å². The van der Waals surface area contributed by atoms with Gasteiger partial charge in [0, 0.05) is 20.0 Å². The summed E-state index contributed by atoms with van der Waals surface area (Å²) >= 11 is 0. The summed E-state index contributed by atoms with van der Waals surface area (Å²) in [6.45, 7) is 4.43. The van der Waals surface area contributed by atoms with E-state index in [1.807, 2.05) is 92.7 Å². The van der Waals surface area contributed by atoms with Crippen LogP contribution in [0.3, 0.4) is 0 Å². The van der Waals surface area contributed by atoms with Crippen LogP contribution in [-0.2, 0) is 29.0 Å². The number of aryl methyl sites for hydroxylation is 2. The summed E-state index contributed by atoms with van der Waals surface area (Å²) in [5.41, 5.74) is 5.23. The van der Waals surface area contributed by atoms with Crippen LogP contribution in [0.1, 0.15) is 27.8 Å². The molecule has 0 radical (unpaired) electrons. The first kappa shape index (κ1) is 22.3. The van der Waals surface area contributed by atoms with Crippen LogP contribution in [0.5, 0.6) is 0 Å². The lowest BCUT2D eigenvalue weighted by Crippen LogP contribution is -2.50. The number of hydrogen-bond donors (Lipinski definition) is 1. The number of hydrogen-bond acceptors (Lipinski definition) is 2. The Bertz CT molecular complexity index is 1030. The average molecular weight is 415 g/mol. The highest BCUT2D eigenvalue weighted by atomic mass is 16.2. The molecule has 0 aliphatic heterocycles. The SMILES string of the molecule is CNC(=O)[C@H](Cc1ccccc1)N(Cc1ccccc1C)C(=O)Cc1ccccc1C. The average Bonchev–Trinajstić information content (AvgIpc) is 2.79. The smallest absolute Gasteiger partial charge is 0.242 e. The van der Waals surface area contributed by atoms with Crippen molar-refractivity contribution >= 4 is 11.8 Å². The fourth-order valence-corrected chi connectivity index (χ4v) is 3.76. The molecular weight excluding hydrogens is 384 g/mol. The van der Waals surface area contributed by atoms with Gasteiger partial charge in [-0.25, -0.2) is 0 Å². The van der Waals surface area contributed by atoms with Gasteiger partial charge in [0.25, 0.3) is 0 Å². The Kier molecular flexibility index (Phi) is 7.60. The van der Waals surface area contributed by atoms with E-state index in [0.717, 1.165) is 27.8 Å². The third kappa shape index (κ3) is 5.82. The van der Waals surface area contributed by atoms with E-state index in [9.17, 15) is 9.59 Å². The Morgan fingerprint density at radius 1 is 0.806 bits per heavy atom. The quantitative estimate of drug-likeness (QED) is 0.600. The molecule has 0 aliphatic rings. The molecule has 0 saturated carbocycles. The highest BCUT2D eigenvalue weighted by Crippen LogP contribution is 2.19. The Balaban J connectivity index is 1.97. The molecule has 3 aromatic carbocycles. The fraction of sp³-hybridized carbons (Fsp3) is 0.259. The molecule has 0 heterocycles.